The van der Waals surface area contributed by atoms with Gasteiger partial charge in [0.25, 0.3) is 0 Å². The number of hydrogen-bond donors (Lipinski definition) is 3. The highest BCUT2D eigenvalue weighted by molar-refractivity contribution is 5.91. The summed E-state index contributed by atoms with van der Waals surface area (Å²) in [5.41, 5.74) is 3.17. The van der Waals surface area contributed by atoms with Gasteiger partial charge in [-0.05, 0) is 35.9 Å². The molecule has 21 heavy (non-hydrogen) atoms. The molecule has 0 saturated heterocycles. The molecule has 0 bridgehead atoms. The molecule has 106 valence electrons. The van der Waals surface area contributed by atoms with Gasteiger partial charge in [-0.2, -0.15) is 5.26 Å². The monoisotopic (exact) mass is 281 g/mol. The number of nitriles is 1. The minimum atomic E-state index is -0.539. The summed E-state index contributed by atoms with van der Waals surface area (Å²) in [6, 6.07) is 16.6. The van der Waals surface area contributed by atoms with Crippen LogP contribution in [0.15, 0.2) is 48.5 Å². The van der Waals surface area contributed by atoms with E-state index in [9.17, 15) is 4.79 Å². The number of amides is 1. The third-order valence-electron chi connectivity index (χ3n) is 2.87. The molecule has 2 aromatic rings. The molecule has 0 fully saturated rings. The second kappa shape index (κ2) is 7.08. The average Bonchev–Trinajstić information content (AvgIpc) is 2.53. The maximum absolute atomic E-state index is 11.1. The molecule has 0 atom stereocenters. The van der Waals surface area contributed by atoms with Crippen molar-refractivity contribution in [3.05, 3.63) is 59.7 Å². The topological polar surface area (TPSA) is 85.2 Å². The van der Waals surface area contributed by atoms with Crippen LogP contribution in [-0.4, -0.2) is 17.6 Å². The van der Waals surface area contributed by atoms with Gasteiger partial charge in [0.2, 0.25) is 5.91 Å². The van der Waals surface area contributed by atoms with Crippen molar-refractivity contribution in [1.82, 2.24) is 0 Å². The summed E-state index contributed by atoms with van der Waals surface area (Å²) in [4.78, 5) is 11.1. The van der Waals surface area contributed by atoms with Crippen molar-refractivity contribution in [1.29, 1.82) is 5.26 Å². The van der Waals surface area contributed by atoms with Crippen LogP contribution >= 0.6 is 0 Å². The first kappa shape index (κ1) is 14.6. The van der Waals surface area contributed by atoms with E-state index < -0.39 is 12.5 Å². The van der Waals surface area contributed by atoms with E-state index in [1.54, 1.807) is 24.3 Å². The third-order valence-corrected chi connectivity index (χ3v) is 2.87. The van der Waals surface area contributed by atoms with Gasteiger partial charge in [0.1, 0.15) is 6.61 Å². The maximum atomic E-state index is 11.1. The maximum Gasteiger partial charge on any atom is 0.250 e. The lowest BCUT2D eigenvalue weighted by Crippen LogP contribution is -2.15. The summed E-state index contributed by atoms with van der Waals surface area (Å²) in [6.07, 6.45) is 0. The van der Waals surface area contributed by atoms with Gasteiger partial charge in [-0.15, -0.1) is 0 Å². The Bertz CT molecular complexity index is 660. The Labute approximate surface area is 122 Å². The van der Waals surface area contributed by atoms with Gasteiger partial charge in [-0.1, -0.05) is 18.2 Å². The van der Waals surface area contributed by atoms with E-state index in [1.165, 1.54) is 0 Å². The molecule has 5 nitrogen and oxygen atoms in total. The smallest absolute Gasteiger partial charge is 0.250 e. The van der Waals surface area contributed by atoms with Crippen LogP contribution in [0.5, 0.6) is 0 Å². The fourth-order valence-electron chi connectivity index (χ4n) is 1.81. The first-order valence-electron chi connectivity index (χ1n) is 6.45. The molecule has 0 unspecified atom stereocenters. The molecule has 5 heteroatoms. The van der Waals surface area contributed by atoms with E-state index in [1.807, 2.05) is 24.3 Å². The van der Waals surface area contributed by atoms with Gasteiger partial charge in [-0.3, -0.25) is 4.79 Å². The molecule has 0 aliphatic carbocycles. The van der Waals surface area contributed by atoms with Crippen LogP contribution in [0, 0.1) is 11.3 Å². The Hall–Kier alpha value is -2.84. The number of aliphatic hydroxyl groups is 1. The molecule has 0 aromatic heterocycles. The van der Waals surface area contributed by atoms with Crippen molar-refractivity contribution in [2.75, 3.05) is 17.2 Å². The number of hydrogen-bond acceptors (Lipinski definition) is 4. The number of benzene rings is 2. The van der Waals surface area contributed by atoms with E-state index >= 15 is 0 Å². The molecule has 3 N–H and O–H groups in total. The molecule has 0 aliphatic rings. The Morgan fingerprint density at radius 2 is 1.86 bits per heavy atom. The number of nitrogens with zero attached hydrogens (tertiary/aromatic N) is 1. The van der Waals surface area contributed by atoms with Crippen LogP contribution in [0.2, 0.25) is 0 Å². The molecule has 0 heterocycles. The summed E-state index contributed by atoms with van der Waals surface area (Å²) in [7, 11) is 0. The van der Waals surface area contributed by atoms with Gasteiger partial charge in [0, 0.05) is 17.9 Å². The molecule has 2 aromatic carbocycles. The predicted octanol–water partition coefficient (Wildman–Crippen LogP) is 2.10. The van der Waals surface area contributed by atoms with E-state index in [4.69, 9.17) is 10.4 Å². The molecule has 1 amide bonds. The fraction of sp³-hybridized carbons (Fsp3) is 0.125. The van der Waals surface area contributed by atoms with Crippen LogP contribution in [0.1, 0.15) is 11.1 Å². The van der Waals surface area contributed by atoms with Crippen LogP contribution in [0.3, 0.4) is 0 Å². The third kappa shape index (κ3) is 4.34. The second-order valence-corrected chi connectivity index (χ2v) is 4.45. The highest BCUT2D eigenvalue weighted by Crippen LogP contribution is 2.16. The molecule has 0 saturated carbocycles. The number of aliphatic hydroxyl groups excluding tert-OH is 1. The fourth-order valence-corrected chi connectivity index (χ4v) is 1.81. The first-order chi connectivity index (χ1) is 10.2. The van der Waals surface area contributed by atoms with Crippen LogP contribution in [0.25, 0.3) is 0 Å². The largest absolute Gasteiger partial charge is 0.387 e. The van der Waals surface area contributed by atoms with Crippen molar-refractivity contribution in [2.45, 2.75) is 6.54 Å². The highest BCUT2D eigenvalue weighted by Gasteiger charge is 2.01. The molecule has 2 rings (SSSR count). The number of carbonyl (C=O) groups is 1. The molecule has 0 aliphatic heterocycles. The number of rotatable bonds is 5. The normalized spacial score (nSPS) is 9.71. The van der Waals surface area contributed by atoms with Gasteiger partial charge >= 0.3 is 0 Å². The summed E-state index contributed by atoms with van der Waals surface area (Å²) in [5.74, 6) is -0.445. The zero-order chi connectivity index (χ0) is 15.1. The van der Waals surface area contributed by atoms with E-state index in [-0.39, 0.29) is 0 Å². The standard InChI is InChI=1S/C16H15N3O2/c17-9-12-4-6-13(7-5-12)10-18-14-2-1-3-15(8-14)19-16(21)11-20/h1-8,18,20H,10-11H2,(H,19,21). The summed E-state index contributed by atoms with van der Waals surface area (Å²) < 4.78 is 0. The quantitative estimate of drug-likeness (QED) is 0.783. The van der Waals surface area contributed by atoms with Crippen molar-refractivity contribution >= 4 is 17.3 Å². The minimum absolute atomic E-state index is 0.445. The number of carbonyl (C=O) groups excluding carboxylic acids is 1. The van der Waals surface area contributed by atoms with Crippen LogP contribution in [0.4, 0.5) is 11.4 Å². The van der Waals surface area contributed by atoms with Crippen molar-refractivity contribution in [3.8, 4) is 6.07 Å². The molecular weight excluding hydrogens is 266 g/mol. The zero-order valence-corrected chi connectivity index (χ0v) is 11.3. The van der Waals surface area contributed by atoms with Gasteiger partial charge < -0.3 is 15.7 Å². The average molecular weight is 281 g/mol. The molecule has 0 spiro atoms. The van der Waals surface area contributed by atoms with Crippen molar-refractivity contribution < 1.29 is 9.90 Å². The van der Waals surface area contributed by atoms with E-state index in [0.29, 0.717) is 17.8 Å². The lowest BCUT2D eigenvalue weighted by molar-refractivity contribution is -0.118. The number of nitrogens with one attached hydrogen (secondary N) is 2. The van der Waals surface area contributed by atoms with Crippen LogP contribution < -0.4 is 10.6 Å². The van der Waals surface area contributed by atoms with Gasteiger partial charge in [-0.25, -0.2) is 0 Å². The summed E-state index contributed by atoms with van der Waals surface area (Å²) in [6.45, 7) is 0.0754. The lowest BCUT2D eigenvalue weighted by atomic mass is 10.1. The van der Waals surface area contributed by atoms with E-state index in [0.717, 1.165) is 11.3 Å². The van der Waals surface area contributed by atoms with Crippen LogP contribution in [-0.2, 0) is 11.3 Å². The number of anilines is 2. The Morgan fingerprint density at radius 1 is 1.14 bits per heavy atom. The van der Waals surface area contributed by atoms with E-state index in [2.05, 4.69) is 16.7 Å². The summed E-state index contributed by atoms with van der Waals surface area (Å²) in [5, 5.41) is 23.3. The van der Waals surface area contributed by atoms with Gasteiger partial charge in [0.05, 0.1) is 11.6 Å². The molecule has 0 radical (unpaired) electrons. The zero-order valence-electron chi connectivity index (χ0n) is 11.3. The summed E-state index contributed by atoms with van der Waals surface area (Å²) >= 11 is 0. The molecular formula is C16H15N3O2. The Kier molecular flexibility index (Phi) is 4.91. The first-order valence-corrected chi connectivity index (χ1v) is 6.45. The van der Waals surface area contributed by atoms with Crippen molar-refractivity contribution in [2.24, 2.45) is 0 Å². The second-order valence-electron chi connectivity index (χ2n) is 4.45. The van der Waals surface area contributed by atoms with Crippen molar-refractivity contribution in [3.63, 3.8) is 0 Å². The Balaban J connectivity index is 1.97. The minimum Gasteiger partial charge on any atom is -0.387 e. The highest BCUT2D eigenvalue weighted by atomic mass is 16.3. The van der Waals surface area contributed by atoms with Gasteiger partial charge in [0.15, 0.2) is 0 Å². The predicted molar refractivity (Wildman–Crippen MR) is 80.6 cm³/mol. The SMILES string of the molecule is N#Cc1ccc(CNc2cccc(NC(=O)CO)c2)cc1. The lowest BCUT2D eigenvalue weighted by Gasteiger charge is -2.09. The Morgan fingerprint density at radius 3 is 2.52 bits per heavy atom.